The third-order valence-corrected chi connectivity index (χ3v) is 2.93. The first-order valence-electron chi connectivity index (χ1n) is 5.61. The molecular weight excluding hydrogens is 216 g/mol. The molecule has 1 aromatic rings. The van der Waals surface area contributed by atoms with Gasteiger partial charge in [0.1, 0.15) is 0 Å². The number of nitrogens with zero attached hydrogens (tertiary/aromatic N) is 2. The lowest BCUT2D eigenvalue weighted by Gasteiger charge is -2.07. The summed E-state index contributed by atoms with van der Waals surface area (Å²) in [5.74, 6) is 2.33. The molecule has 1 aliphatic heterocycles. The van der Waals surface area contributed by atoms with E-state index in [-0.39, 0.29) is 11.8 Å². The van der Waals surface area contributed by atoms with E-state index in [1.165, 1.54) is 5.56 Å². The van der Waals surface area contributed by atoms with Crippen LogP contribution in [0.2, 0.25) is 0 Å². The molecule has 0 aromatic heterocycles. The maximum Gasteiger partial charge on any atom is 0.317 e. The lowest BCUT2D eigenvalue weighted by Crippen LogP contribution is -2.00. The van der Waals surface area contributed by atoms with Crippen molar-refractivity contribution in [2.24, 2.45) is 0 Å². The molecule has 2 rings (SSSR count). The predicted molar refractivity (Wildman–Crippen MR) is 64.5 cm³/mol. The summed E-state index contributed by atoms with van der Waals surface area (Å²) in [5.41, 5.74) is 2.30. The summed E-state index contributed by atoms with van der Waals surface area (Å²) < 4.78 is 0. The molecule has 0 radical (unpaired) electrons. The molecule has 0 spiro atoms. The van der Waals surface area contributed by atoms with Gasteiger partial charge >= 0.3 is 5.70 Å². The third kappa shape index (κ3) is 2.27. The molecule has 0 aliphatic carbocycles. The second-order valence-corrected chi connectivity index (χ2v) is 4.44. The quantitative estimate of drug-likeness (QED) is 0.733. The van der Waals surface area contributed by atoms with Crippen molar-refractivity contribution in [2.45, 2.75) is 32.3 Å². The summed E-state index contributed by atoms with van der Waals surface area (Å²) in [4.78, 5) is 16.6. The van der Waals surface area contributed by atoms with Crippen molar-refractivity contribution in [3.63, 3.8) is 0 Å². The van der Waals surface area contributed by atoms with Crippen LogP contribution in [0.15, 0.2) is 30.0 Å². The zero-order chi connectivity index (χ0) is 12.4. The van der Waals surface area contributed by atoms with Crippen LogP contribution < -0.4 is 0 Å². The van der Waals surface area contributed by atoms with Gasteiger partial charge in [0.25, 0.3) is 4.92 Å². The molecule has 1 atom stereocenters. The first-order valence-corrected chi connectivity index (χ1v) is 5.61. The minimum absolute atomic E-state index is 0.128. The highest BCUT2D eigenvalue weighted by Crippen LogP contribution is 2.32. The molecular formula is C13H14N2O2. The van der Waals surface area contributed by atoms with Crippen LogP contribution in [-0.2, 0) is 4.84 Å². The molecule has 0 bridgehead atoms. The fourth-order valence-electron chi connectivity index (χ4n) is 1.83. The largest absolute Gasteiger partial charge is 0.758 e. The second-order valence-electron chi connectivity index (χ2n) is 4.44. The Morgan fingerprint density at radius 3 is 2.53 bits per heavy atom. The molecule has 1 unspecified atom stereocenters. The van der Waals surface area contributed by atoms with Gasteiger partial charge < -0.3 is 5.41 Å². The average Bonchev–Trinajstić information content (AvgIpc) is 2.70. The fraction of sp³-hybridized carbons (Fsp3) is 0.385. The second kappa shape index (κ2) is 4.52. The number of rotatable bonds is 2. The highest BCUT2D eigenvalue weighted by atomic mass is 16.8. The SMILES string of the molecule is CC(C)c1ccc(C2CC(=C=[N-])[N+](=O)O2)cc1. The van der Waals surface area contributed by atoms with Crippen LogP contribution >= 0.6 is 0 Å². The van der Waals surface area contributed by atoms with E-state index in [0.717, 1.165) is 5.56 Å². The molecule has 1 heterocycles. The van der Waals surface area contributed by atoms with Gasteiger partial charge in [-0.05, 0) is 11.5 Å². The highest BCUT2D eigenvalue weighted by molar-refractivity contribution is 5.58. The molecule has 0 N–H and O–H groups in total. The summed E-state index contributed by atoms with van der Waals surface area (Å²) in [7, 11) is 0. The van der Waals surface area contributed by atoms with E-state index in [1.807, 2.05) is 30.1 Å². The van der Waals surface area contributed by atoms with Crippen molar-refractivity contribution in [1.82, 2.24) is 0 Å². The fourth-order valence-corrected chi connectivity index (χ4v) is 1.83. The first-order chi connectivity index (χ1) is 8.11. The molecule has 4 heteroatoms. The number of benzene rings is 1. The van der Waals surface area contributed by atoms with Crippen LogP contribution in [0.25, 0.3) is 5.41 Å². The lowest BCUT2D eigenvalue weighted by molar-refractivity contribution is -0.758. The van der Waals surface area contributed by atoms with Crippen LogP contribution in [0.5, 0.6) is 0 Å². The van der Waals surface area contributed by atoms with Crippen LogP contribution in [0.4, 0.5) is 0 Å². The smallest absolute Gasteiger partial charge is 0.317 e. The van der Waals surface area contributed by atoms with Gasteiger partial charge in [-0.2, -0.15) is 5.87 Å². The van der Waals surface area contributed by atoms with Crippen molar-refractivity contribution in [3.8, 4) is 0 Å². The zero-order valence-corrected chi connectivity index (χ0v) is 9.88. The molecule has 0 amide bonds. The Kier molecular flexibility index (Phi) is 3.07. The van der Waals surface area contributed by atoms with Crippen molar-refractivity contribution in [3.05, 3.63) is 51.4 Å². The average molecular weight is 230 g/mol. The molecule has 88 valence electrons. The Balaban J connectivity index is 2.19. The van der Waals surface area contributed by atoms with Gasteiger partial charge in [-0.1, -0.05) is 38.1 Å². The van der Waals surface area contributed by atoms with Gasteiger partial charge in [-0.3, -0.25) is 0 Å². The maximum absolute atomic E-state index is 11.2. The minimum atomic E-state index is -0.330. The maximum atomic E-state index is 11.2. The van der Waals surface area contributed by atoms with Crippen LogP contribution in [0.1, 0.15) is 43.4 Å². The lowest BCUT2D eigenvalue weighted by atomic mass is 9.99. The standard InChI is InChI=1S/C13H14N2O2/c1-9(2)10-3-5-11(6-4-10)13-7-12(8-14)15(16)17-13/h3-6,9,13H,7H2,1-2H3. The van der Waals surface area contributed by atoms with E-state index in [0.29, 0.717) is 17.3 Å². The van der Waals surface area contributed by atoms with E-state index in [4.69, 9.17) is 10.2 Å². The van der Waals surface area contributed by atoms with E-state index in [1.54, 1.807) is 0 Å². The Morgan fingerprint density at radius 1 is 1.41 bits per heavy atom. The monoisotopic (exact) mass is 230 g/mol. The van der Waals surface area contributed by atoms with Crippen molar-refractivity contribution < 1.29 is 9.76 Å². The molecule has 1 aliphatic rings. The topological polar surface area (TPSA) is 51.6 Å². The molecule has 17 heavy (non-hydrogen) atoms. The number of hydrogen-bond donors (Lipinski definition) is 0. The Labute approximate surface area is 99.9 Å². The highest BCUT2D eigenvalue weighted by Gasteiger charge is 2.38. The summed E-state index contributed by atoms with van der Waals surface area (Å²) >= 11 is 0. The summed E-state index contributed by atoms with van der Waals surface area (Å²) in [6.45, 7) is 4.25. The van der Waals surface area contributed by atoms with Gasteiger partial charge in [-0.25, -0.2) is 4.84 Å². The van der Waals surface area contributed by atoms with E-state index in [2.05, 4.69) is 13.8 Å². The van der Waals surface area contributed by atoms with Crippen LogP contribution in [0, 0.1) is 4.91 Å². The van der Waals surface area contributed by atoms with Crippen molar-refractivity contribution >= 4 is 5.87 Å². The summed E-state index contributed by atoms with van der Waals surface area (Å²) in [6.07, 6.45) is 0.0180. The third-order valence-electron chi connectivity index (χ3n) is 2.93. The normalized spacial score (nSPS) is 19.4. The van der Waals surface area contributed by atoms with Crippen LogP contribution in [0.3, 0.4) is 0 Å². The molecule has 0 saturated carbocycles. The predicted octanol–water partition coefficient (Wildman–Crippen LogP) is 3.09. The van der Waals surface area contributed by atoms with E-state index >= 15 is 0 Å². The Morgan fingerprint density at radius 2 is 2.06 bits per heavy atom. The van der Waals surface area contributed by atoms with Crippen molar-refractivity contribution in [1.29, 1.82) is 0 Å². The Bertz CT molecular complexity index is 485. The summed E-state index contributed by atoms with van der Waals surface area (Å²) in [5, 5.41) is 8.71. The van der Waals surface area contributed by atoms with Gasteiger partial charge in [0, 0.05) is 5.56 Å². The molecule has 1 fully saturated rings. The summed E-state index contributed by atoms with van der Waals surface area (Å²) in [6, 6.07) is 7.97. The Hall–Kier alpha value is -1.93. The van der Waals surface area contributed by atoms with Crippen molar-refractivity contribution in [2.75, 3.05) is 0 Å². The molecule has 1 saturated heterocycles. The molecule has 1 aromatic carbocycles. The first kappa shape index (κ1) is 11.6. The minimum Gasteiger partial charge on any atom is -0.758 e. The van der Waals surface area contributed by atoms with Crippen LogP contribution in [-0.4, -0.2) is 10.8 Å². The number of hydrogen-bond acceptors (Lipinski definition) is 2. The van der Waals surface area contributed by atoms with Gasteiger partial charge in [0.05, 0.1) is 11.3 Å². The molecule has 4 nitrogen and oxygen atoms in total. The van der Waals surface area contributed by atoms with Gasteiger partial charge in [0.15, 0.2) is 0 Å². The van der Waals surface area contributed by atoms with Gasteiger partial charge in [0.2, 0.25) is 6.10 Å². The zero-order valence-electron chi connectivity index (χ0n) is 9.88. The van der Waals surface area contributed by atoms with Gasteiger partial charge in [-0.15, -0.1) is 0 Å². The van der Waals surface area contributed by atoms with E-state index < -0.39 is 0 Å². The van der Waals surface area contributed by atoms with E-state index in [9.17, 15) is 4.91 Å².